The van der Waals surface area contributed by atoms with E-state index in [2.05, 4.69) is 28.3 Å². The molecule has 2 aromatic heterocycles. The van der Waals surface area contributed by atoms with Crippen LogP contribution in [0.15, 0.2) is 28.9 Å². The lowest BCUT2D eigenvalue weighted by Crippen LogP contribution is -2.18. The first-order valence-corrected chi connectivity index (χ1v) is 5.73. The van der Waals surface area contributed by atoms with Crippen molar-refractivity contribution in [3.05, 3.63) is 47.4 Å². The number of pyridine rings is 1. The van der Waals surface area contributed by atoms with Crippen molar-refractivity contribution in [1.29, 1.82) is 0 Å². The maximum atomic E-state index is 5.51. The summed E-state index contributed by atoms with van der Waals surface area (Å²) >= 11 is 0. The summed E-state index contributed by atoms with van der Waals surface area (Å²) in [4.78, 5) is 8.43. The Morgan fingerprint density at radius 3 is 2.82 bits per heavy atom. The molecule has 17 heavy (non-hydrogen) atoms. The summed E-state index contributed by atoms with van der Waals surface area (Å²) in [5.74, 6) is 1.62. The number of nitrogens with one attached hydrogen (secondary N) is 1. The number of hydrogen-bond donors (Lipinski definition) is 1. The Balaban J connectivity index is 1.94. The van der Waals surface area contributed by atoms with Gasteiger partial charge in [-0.3, -0.25) is 4.98 Å². The van der Waals surface area contributed by atoms with Gasteiger partial charge in [0.15, 0.2) is 0 Å². The molecule has 1 atom stereocenters. The largest absolute Gasteiger partial charge is 0.444 e. The summed E-state index contributed by atoms with van der Waals surface area (Å²) in [5.41, 5.74) is 2.11. The van der Waals surface area contributed by atoms with Crippen LogP contribution in [0.5, 0.6) is 0 Å². The van der Waals surface area contributed by atoms with Crippen molar-refractivity contribution in [3.8, 4) is 0 Å². The molecule has 0 amide bonds. The zero-order valence-electron chi connectivity index (χ0n) is 10.4. The van der Waals surface area contributed by atoms with E-state index in [4.69, 9.17) is 4.42 Å². The van der Waals surface area contributed by atoms with E-state index in [1.165, 1.54) is 0 Å². The Bertz CT molecular complexity index is 459. The second kappa shape index (κ2) is 5.10. The van der Waals surface area contributed by atoms with Gasteiger partial charge in [0.05, 0.1) is 12.2 Å². The van der Waals surface area contributed by atoms with Gasteiger partial charge in [-0.15, -0.1) is 0 Å². The molecule has 0 bridgehead atoms. The third-order valence-corrected chi connectivity index (χ3v) is 2.82. The minimum absolute atomic E-state index is 0.233. The van der Waals surface area contributed by atoms with Crippen LogP contribution in [0.2, 0.25) is 0 Å². The van der Waals surface area contributed by atoms with Crippen molar-refractivity contribution < 1.29 is 4.42 Å². The summed E-state index contributed by atoms with van der Waals surface area (Å²) in [6.45, 7) is 6.60. The Kier molecular flexibility index (Phi) is 3.54. The Hall–Kier alpha value is -1.68. The van der Waals surface area contributed by atoms with Crippen LogP contribution in [0.4, 0.5) is 0 Å². The summed E-state index contributed by atoms with van der Waals surface area (Å²) in [6, 6.07) is 4.22. The summed E-state index contributed by atoms with van der Waals surface area (Å²) in [5, 5.41) is 3.36. The molecule has 1 N–H and O–H groups in total. The fourth-order valence-electron chi connectivity index (χ4n) is 1.61. The van der Waals surface area contributed by atoms with Crippen LogP contribution in [0.3, 0.4) is 0 Å². The normalized spacial score (nSPS) is 12.6. The zero-order chi connectivity index (χ0) is 12.3. The molecule has 2 heterocycles. The molecule has 0 saturated carbocycles. The van der Waals surface area contributed by atoms with Crippen molar-refractivity contribution in [3.63, 3.8) is 0 Å². The Morgan fingerprint density at radius 2 is 2.24 bits per heavy atom. The first-order valence-electron chi connectivity index (χ1n) is 5.73. The van der Waals surface area contributed by atoms with Crippen LogP contribution in [-0.4, -0.2) is 9.97 Å². The fraction of sp³-hybridized carbons (Fsp3) is 0.385. The highest BCUT2D eigenvalue weighted by molar-refractivity contribution is 5.13. The summed E-state index contributed by atoms with van der Waals surface area (Å²) in [6.07, 6.45) is 3.64. The van der Waals surface area contributed by atoms with Gasteiger partial charge in [-0.05, 0) is 32.4 Å². The van der Waals surface area contributed by atoms with Gasteiger partial charge in [0.1, 0.15) is 5.76 Å². The zero-order valence-corrected chi connectivity index (χ0v) is 10.4. The molecule has 4 nitrogen and oxygen atoms in total. The van der Waals surface area contributed by atoms with Crippen molar-refractivity contribution >= 4 is 0 Å². The third-order valence-electron chi connectivity index (χ3n) is 2.82. The van der Waals surface area contributed by atoms with Gasteiger partial charge in [0, 0.05) is 18.4 Å². The number of aromatic nitrogens is 2. The van der Waals surface area contributed by atoms with E-state index in [1.807, 2.05) is 26.1 Å². The molecule has 0 saturated heterocycles. The third kappa shape index (κ3) is 2.91. The molecular weight excluding hydrogens is 214 g/mol. The van der Waals surface area contributed by atoms with Gasteiger partial charge < -0.3 is 9.73 Å². The van der Waals surface area contributed by atoms with Gasteiger partial charge in [0.25, 0.3) is 0 Å². The molecule has 0 spiro atoms. The molecule has 0 radical (unpaired) electrons. The molecule has 0 aliphatic rings. The maximum Gasteiger partial charge on any atom is 0.208 e. The molecular formula is C13H17N3O. The quantitative estimate of drug-likeness (QED) is 0.878. The Morgan fingerprint density at radius 1 is 1.41 bits per heavy atom. The first kappa shape index (κ1) is 11.8. The number of nitrogens with zero attached hydrogens (tertiary/aromatic N) is 2. The van der Waals surface area contributed by atoms with Crippen LogP contribution in [0.25, 0.3) is 0 Å². The molecule has 2 rings (SSSR count). The fourth-order valence-corrected chi connectivity index (χ4v) is 1.61. The van der Waals surface area contributed by atoms with E-state index in [1.54, 1.807) is 6.20 Å². The molecule has 90 valence electrons. The molecule has 0 fully saturated rings. The van der Waals surface area contributed by atoms with Crippen LogP contribution < -0.4 is 5.32 Å². The lowest BCUT2D eigenvalue weighted by Gasteiger charge is -2.11. The maximum absolute atomic E-state index is 5.51. The predicted octanol–water partition coefficient (Wildman–Crippen LogP) is 2.54. The van der Waals surface area contributed by atoms with Crippen molar-refractivity contribution in [2.75, 3.05) is 0 Å². The number of aryl methyl sites for hydroxylation is 2. The second-order valence-corrected chi connectivity index (χ2v) is 4.14. The molecule has 0 aromatic carbocycles. The number of hydrogen-bond acceptors (Lipinski definition) is 4. The SMILES string of the molecule is Cc1nc(CNC(C)c2cccnc2)oc1C. The minimum Gasteiger partial charge on any atom is -0.444 e. The number of rotatable bonds is 4. The van der Waals surface area contributed by atoms with Crippen molar-refractivity contribution in [2.45, 2.75) is 33.4 Å². The van der Waals surface area contributed by atoms with Crippen LogP contribution in [-0.2, 0) is 6.54 Å². The average molecular weight is 231 g/mol. The highest BCUT2D eigenvalue weighted by Crippen LogP contribution is 2.12. The van der Waals surface area contributed by atoms with E-state index >= 15 is 0 Å². The lowest BCUT2D eigenvalue weighted by atomic mass is 10.1. The van der Waals surface area contributed by atoms with E-state index < -0.39 is 0 Å². The van der Waals surface area contributed by atoms with Gasteiger partial charge in [-0.2, -0.15) is 0 Å². The molecule has 0 aliphatic heterocycles. The minimum atomic E-state index is 0.233. The second-order valence-electron chi connectivity index (χ2n) is 4.14. The van der Waals surface area contributed by atoms with Crippen molar-refractivity contribution in [1.82, 2.24) is 15.3 Å². The molecule has 1 unspecified atom stereocenters. The molecule has 0 aliphatic carbocycles. The van der Waals surface area contributed by atoms with Gasteiger partial charge in [-0.1, -0.05) is 6.07 Å². The number of oxazole rings is 1. The average Bonchev–Trinajstić information content (AvgIpc) is 2.67. The van der Waals surface area contributed by atoms with Crippen LogP contribution in [0.1, 0.15) is 35.9 Å². The first-order chi connectivity index (χ1) is 8.16. The molecule has 2 aromatic rings. The van der Waals surface area contributed by atoms with Gasteiger partial charge >= 0.3 is 0 Å². The van der Waals surface area contributed by atoms with Crippen molar-refractivity contribution in [2.24, 2.45) is 0 Å². The summed E-state index contributed by atoms with van der Waals surface area (Å²) in [7, 11) is 0. The monoisotopic (exact) mass is 231 g/mol. The van der Waals surface area contributed by atoms with E-state index in [0.29, 0.717) is 6.54 Å². The van der Waals surface area contributed by atoms with Crippen LogP contribution in [0, 0.1) is 13.8 Å². The standard InChI is InChI=1S/C13H17N3O/c1-9-11(3)17-13(16-9)8-15-10(2)12-5-4-6-14-7-12/h4-7,10,15H,8H2,1-3H3. The van der Waals surface area contributed by atoms with E-state index in [-0.39, 0.29) is 6.04 Å². The Labute approximate surface area is 101 Å². The highest BCUT2D eigenvalue weighted by atomic mass is 16.4. The highest BCUT2D eigenvalue weighted by Gasteiger charge is 2.08. The lowest BCUT2D eigenvalue weighted by molar-refractivity contribution is 0.432. The van der Waals surface area contributed by atoms with Gasteiger partial charge in [0.2, 0.25) is 5.89 Å². The van der Waals surface area contributed by atoms with E-state index in [9.17, 15) is 0 Å². The molecule has 4 heteroatoms. The summed E-state index contributed by atoms with van der Waals surface area (Å²) < 4.78 is 5.51. The topological polar surface area (TPSA) is 51.0 Å². The predicted molar refractivity (Wildman–Crippen MR) is 65.5 cm³/mol. The van der Waals surface area contributed by atoms with Crippen LogP contribution >= 0.6 is 0 Å². The smallest absolute Gasteiger partial charge is 0.208 e. The van der Waals surface area contributed by atoms with Gasteiger partial charge in [-0.25, -0.2) is 4.98 Å². The van der Waals surface area contributed by atoms with E-state index in [0.717, 1.165) is 22.9 Å².